The van der Waals surface area contributed by atoms with Gasteiger partial charge in [-0.3, -0.25) is 9.59 Å². The third kappa shape index (κ3) is 2.89. The van der Waals surface area contributed by atoms with Crippen LogP contribution in [0.3, 0.4) is 0 Å². The maximum Gasteiger partial charge on any atom is 0.306 e. The summed E-state index contributed by atoms with van der Waals surface area (Å²) in [5.74, 6) is -2.05. The van der Waals surface area contributed by atoms with Crippen LogP contribution in [0.2, 0.25) is 0 Å². The predicted octanol–water partition coefficient (Wildman–Crippen LogP) is 1.52. The molecule has 134 valence electrons. The second kappa shape index (κ2) is 6.15. The second-order valence-corrected chi connectivity index (χ2v) is 6.77. The number of ketones is 2. The summed E-state index contributed by atoms with van der Waals surface area (Å²) in [6.45, 7) is 2.69. The number of fused-ring (bicyclic) bond motifs is 1. The molecule has 1 aromatic carbocycles. The van der Waals surface area contributed by atoms with Crippen molar-refractivity contribution in [3.8, 4) is 11.5 Å². The van der Waals surface area contributed by atoms with E-state index >= 15 is 0 Å². The highest BCUT2D eigenvalue weighted by atomic mass is 16.6. The summed E-state index contributed by atoms with van der Waals surface area (Å²) >= 11 is 0. The number of hydrogen-bond donors (Lipinski definition) is 2. The van der Waals surface area contributed by atoms with Gasteiger partial charge in [-0.15, -0.1) is 0 Å². The van der Waals surface area contributed by atoms with E-state index in [-0.39, 0.29) is 48.3 Å². The van der Waals surface area contributed by atoms with Crippen LogP contribution in [-0.2, 0) is 20.9 Å². The quantitative estimate of drug-likeness (QED) is 0.794. The molecule has 0 saturated carbocycles. The fourth-order valence-electron chi connectivity index (χ4n) is 3.62. The van der Waals surface area contributed by atoms with Gasteiger partial charge in [-0.05, 0) is 38.0 Å². The minimum absolute atomic E-state index is 0.00903. The van der Waals surface area contributed by atoms with E-state index in [1.807, 2.05) is 0 Å². The second-order valence-electron chi connectivity index (χ2n) is 6.77. The van der Waals surface area contributed by atoms with Crippen LogP contribution in [0.15, 0.2) is 12.1 Å². The molecule has 25 heavy (non-hydrogen) atoms. The van der Waals surface area contributed by atoms with Crippen molar-refractivity contribution in [3.63, 3.8) is 0 Å². The summed E-state index contributed by atoms with van der Waals surface area (Å²) in [4.78, 5) is 36.3. The van der Waals surface area contributed by atoms with Crippen molar-refractivity contribution in [2.75, 3.05) is 0 Å². The molecule has 0 bridgehead atoms. The van der Waals surface area contributed by atoms with Gasteiger partial charge in [0.05, 0.1) is 12.5 Å². The number of esters is 1. The molecule has 3 rings (SSSR count). The Kier molecular flexibility index (Phi) is 4.28. The highest BCUT2D eigenvalue weighted by Crippen LogP contribution is 2.46. The Bertz CT molecular complexity index is 754. The Morgan fingerprint density at radius 1 is 1.36 bits per heavy atom. The number of ether oxygens (including phenoxy) is 2. The molecular weight excluding hydrogens is 328 g/mol. The van der Waals surface area contributed by atoms with E-state index in [9.17, 15) is 24.6 Å². The number of benzene rings is 1. The third-order valence-corrected chi connectivity index (χ3v) is 4.92. The Morgan fingerprint density at radius 3 is 2.64 bits per heavy atom. The van der Waals surface area contributed by atoms with Crippen molar-refractivity contribution in [2.24, 2.45) is 5.92 Å². The number of phenols is 1. The lowest BCUT2D eigenvalue weighted by atomic mass is 9.73. The van der Waals surface area contributed by atoms with Crippen LogP contribution in [0, 0.1) is 5.92 Å². The minimum atomic E-state index is -1.22. The summed E-state index contributed by atoms with van der Waals surface area (Å²) in [6.07, 6.45) is -0.136. The molecule has 0 spiro atoms. The van der Waals surface area contributed by atoms with Crippen LogP contribution in [0.25, 0.3) is 0 Å². The van der Waals surface area contributed by atoms with E-state index in [1.165, 1.54) is 19.1 Å². The van der Waals surface area contributed by atoms with Gasteiger partial charge < -0.3 is 24.5 Å². The Hall–Kier alpha value is -2.41. The molecule has 0 unspecified atom stereocenters. The standard InChI is InChI=1S/C18H20O7/c1-9(20)5-11-17(23)16-12(21)6-10(8-19)7-13(16)25-18(11,2)14-3-4-15(22)24-14/h6-7,11,14,19,21H,3-5,8H2,1-2H3/t11-,14+,18-/m1/s1. The van der Waals surface area contributed by atoms with Crippen molar-refractivity contribution in [2.45, 2.75) is 51.4 Å². The van der Waals surface area contributed by atoms with E-state index in [4.69, 9.17) is 9.47 Å². The van der Waals surface area contributed by atoms with Gasteiger partial charge in [-0.2, -0.15) is 0 Å². The van der Waals surface area contributed by atoms with E-state index in [0.717, 1.165) is 0 Å². The lowest BCUT2D eigenvalue weighted by Crippen LogP contribution is -2.56. The fourth-order valence-corrected chi connectivity index (χ4v) is 3.62. The molecule has 1 aromatic rings. The first-order valence-corrected chi connectivity index (χ1v) is 8.15. The first-order chi connectivity index (χ1) is 11.8. The summed E-state index contributed by atoms with van der Waals surface area (Å²) < 4.78 is 11.4. The van der Waals surface area contributed by atoms with E-state index < -0.39 is 23.4 Å². The number of carbonyl (C=O) groups is 3. The lowest BCUT2D eigenvalue weighted by Gasteiger charge is -2.44. The zero-order valence-electron chi connectivity index (χ0n) is 14.1. The molecule has 1 saturated heterocycles. The first kappa shape index (κ1) is 17.4. The number of aliphatic hydroxyl groups excluding tert-OH is 1. The predicted molar refractivity (Wildman–Crippen MR) is 85.3 cm³/mol. The van der Waals surface area contributed by atoms with Crippen molar-refractivity contribution < 1.29 is 34.1 Å². The van der Waals surface area contributed by atoms with Gasteiger partial charge in [0.1, 0.15) is 28.9 Å². The highest BCUT2D eigenvalue weighted by Gasteiger charge is 2.55. The molecule has 2 heterocycles. The number of aromatic hydroxyl groups is 1. The van der Waals surface area contributed by atoms with Crippen molar-refractivity contribution >= 4 is 17.5 Å². The number of rotatable bonds is 4. The van der Waals surface area contributed by atoms with Gasteiger partial charge >= 0.3 is 5.97 Å². The fraction of sp³-hybridized carbons (Fsp3) is 0.500. The van der Waals surface area contributed by atoms with E-state index in [0.29, 0.717) is 12.0 Å². The van der Waals surface area contributed by atoms with Gasteiger partial charge in [0, 0.05) is 12.8 Å². The van der Waals surface area contributed by atoms with Crippen LogP contribution >= 0.6 is 0 Å². The molecule has 0 amide bonds. The normalized spacial score (nSPS) is 28.3. The van der Waals surface area contributed by atoms with Crippen molar-refractivity contribution in [1.29, 1.82) is 0 Å². The maximum absolute atomic E-state index is 13.0. The number of cyclic esters (lactones) is 1. The lowest BCUT2D eigenvalue weighted by molar-refractivity contribution is -0.153. The smallest absolute Gasteiger partial charge is 0.306 e. The van der Waals surface area contributed by atoms with Gasteiger partial charge in [-0.25, -0.2) is 0 Å². The third-order valence-electron chi connectivity index (χ3n) is 4.92. The maximum atomic E-state index is 13.0. The zero-order valence-corrected chi connectivity index (χ0v) is 14.1. The number of aliphatic hydroxyl groups is 1. The van der Waals surface area contributed by atoms with E-state index in [1.54, 1.807) is 6.92 Å². The molecule has 1 fully saturated rings. The Balaban J connectivity index is 2.11. The molecule has 2 N–H and O–H groups in total. The summed E-state index contributed by atoms with van der Waals surface area (Å²) in [7, 11) is 0. The van der Waals surface area contributed by atoms with Gasteiger partial charge in [-0.1, -0.05) is 0 Å². The van der Waals surface area contributed by atoms with Crippen LogP contribution in [-0.4, -0.2) is 39.5 Å². The zero-order chi connectivity index (χ0) is 18.4. The molecule has 7 heteroatoms. The molecule has 3 atom stereocenters. The van der Waals surface area contributed by atoms with Gasteiger partial charge in [0.25, 0.3) is 0 Å². The molecule has 0 radical (unpaired) electrons. The molecular formula is C18H20O7. The van der Waals surface area contributed by atoms with Crippen LogP contribution < -0.4 is 4.74 Å². The van der Waals surface area contributed by atoms with Crippen LogP contribution in [0.5, 0.6) is 11.5 Å². The van der Waals surface area contributed by atoms with Gasteiger partial charge in [0.2, 0.25) is 0 Å². The highest BCUT2D eigenvalue weighted by molar-refractivity contribution is 6.06. The average Bonchev–Trinajstić information content (AvgIpc) is 2.97. The molecule has 7 nitrogen and oxygen atoms in total. The minimum Gasteiger partial charge on any atom is -0.507 e. The van der Waals surface area contributed by atoms with Crippen LogP contribution in [0.4, 0.5) is 0 Å². The monoisotopic (exact) mass is 348 g/mol. The van der Waals surface area contributed by atoms with Gasteiger partial charge in [0.15, 0.2) is 11.4 Å². The number of hydrogen-bond acceptors (Lipinski definition) is 7. The van der Waals surface area contributed by atoms with Crippen LogP contribution in [0.1, 0.15) is 49.0 Å². The summed E-state index contributed by atoms with van der Waals surface area (Å²) in [5, 5.41) is 19.5. The largest absolute Gasteiger partial charge is 0.507 e. The Morgan fingerprint density at radius 2 is 2.08 bits per heavy atom. The number of Topliss-reactive ketones (excluding diaryl/α,β-unsaturated/α-hetero) is 2. The summed E-state index contributed by atoms with van der Waals surface area (Å²) in [5.41, 5.74) is -0.840. The molecule has 2 aliphatic rings. The molecule has 2 aliphatic heterocycles. The molecule has 0 aliphatic carbocycles. The average molecular weight is 348 g/mol. The van der Waals surface area contributed by atoms with Crippen molar-refractivity contribution in [3.05, 3.63) is 23.3 Å². The molecule has 0 aromatic heterocycles. The van der Waals surface area contributed by atoms with E-state index in [2.05, 4.69) is 0 Å². The first-order valence-electron chi connectivity index (χ1n) is 8.15. The summed E-state index contributed by atoms with van der Waals surface area (Å²) in [6, 6.07) is 2.77. The number of phenolic OH excluding ortho intramolecular Hbond substituents is 1. The van der Waals surface area contributed by atoms with Crippen molar-refractivity contribution in [1.82, 2.24) is 0 Å². The number of carbonyl (C=O) groups excluding carboxylic acids is 3. The Labute approximate surface area is 144 Å². The topological polar surface area (TPSA) is 110 Å². The SMILES string of the molecule is CC(=O)C[C@@H]1C(=O)c2c(O)cc(CO)cc2O[C@@]1(C)[C@@H]1CCC(=O)O1.